The minimum absolute atomic E-state index is 0.0622. The topological polar surface area (TPSA) is 114 Å². The Bertz CT molecular complexity index is 1020. The van der Waals surface area contributed by atoms with Crippen molar-refractivity contribution in [1.29, 1.82) is 0 Å². The zero-order valence-electron chi connectivity index (χ0n) is 13.6. The summed E-state index contributed by atoms with van der Waals surface area (Å²) in [5.41, 5.74) is 5.15. The predicted molar refractivity (Wildman–Crippen MR) is 97.2 cm³/mol. The number of carbonyl (C=O) groups excluding carboxylic acids is 2. The van der Waals surface area contributed by atoms with Crippen LogP contribution >= 0.6 is 11.6 Å². The van der Waals surface area contributed by atoms with E-state index in [9.17, 15) is 19.7 Å². The van der Waals surface area contributed by atoms with Crippen molar-refractivity contribution in [2.24, 2.45) is 0 Å². The van der Waals surface area contributed by atoms with Gasteiger partial charge in [0.15, 0.2) is 5.76 Å². The minimum Gasteiger partial charge on any atom is -0.451 e. The number of halogens is 1. The molecular formula is C18H12ClN3O5. The summed E-state index contributed by atoms with van der Waals surface area (Å²) in [5.74, 6) is -0.945. The Kier molecular flexibility index (Phi) is 5.18. The highest BCUT2D eigenvalue weighted by molar-refractivity contribution is 6.33. The van der Waals surface area contributed by atoms with Gasteiger partial charge in [0.25, 0.3) is 11.6 Å². The monoisotopic (exact) mass is 385 g/mol. The van der Waals surface area contributed by atoms with Gasteiger partial charge in [-0.05, 0) is 30.3 Å². The van der Waals surface area contributed by atoms with Crippen LogP contribution < -0.4 is 10.9 Å². The molecule has 0 aliphatic heterocycles. The van der Waals surface area contributed by atoms with Crippen molar-refractivity contribution < 1.29 is 18.9 Å². The Balaban J connectivity index is 1.69. The Morgan fingerprint density at radius 2 is 1.67 bits per heavy atom. The van der Waals surface area contributed by atoms with E-state index in [4.69, 9.17) is 16.0 Å². The maximum absolute atomic E-state index is 12.1. The molecule has 3 aromatic rings. The second-order valence-corrected chi connectivity index (χ2v) is 5.77. The lowest BCUT2D eigenvalue weighted by Gasteiger charge is -2.06. The summed E-state index contributed by atoms with van der Waals surface area (Å²) < 4.78 is 5.43. The third-order valence-electron chi connectivity index (χ3n) is 3.58. The number of nitro benzene ring substituents is 1. The number of furan rings is 1. The highest BCUT2D eigenvalue weighted by atomic mass is 35.5. The second-order valence-electron chi connectivity index (χ2n) is 5.36. The van der Waals surface area contributed by atoms with Crippen molar-refractivity contribution in [3.63, 3.8) is 0 Å². The molecule has 0 radical (unpaired) electrons. The summed E-state index contributed by atoms with van der Waals surface area (Å²) in [6, 6.07) is 15.2. The Morgan fingerprint density at radius 3 is 2.33 bits per heavy atom. The van der Waals surface area contributed by atoms with Gasteiger partial charge in [-0.2, -0.15) is 0 Å². The normalized spacial score (nSPS) is 10.3. The smallest absolute Gasteiger partial charge is 0.305 e. The zero-order valence-corrected chi connectivity index (χ0v) is 14.4. The molecule has 0 fully saturated rings. The van der Waals surface area contributed by atoms with E-state index >= 15 is 0 Å². The van der Waals surface area contributed by atoms with Gasteiger partial charge in [0, 0.05) is 23.3 Å². The van der Waals surface area contributed by atoms with Crippen LogP contribution in [-0.2, 0) is 0 Å². The fourth-order valence-electron chi connectivity index (χ4n) is 2.26. The molecule has 0 atom stereocenters. The van der Waals surface area contributed by atoms with E-state index < -0.39 is 16.7 Å². The van der Waals surface area contributed by atoms with E-state index in [2.05, 4.69) is 10.9 Å². The van der Waals surface area contributed by atoms with Crippen molar-refractivity contribution in [1.82, 2.24) is 10.9 Å². The number of nitrogens with one attached hydrogen (secondary N) is 2. The molecule has 27 heavy (non-hydrogen) atoms. The van der Waals surface area contributed by atoms with Gasteiger partial charge in [-0.15, -0.1) is 0 Å². The van der Waals surface area contributed by atoms with Gasteiger partial charge < -0.3 is 4.42 Å². The maximum atomic E-state index is 12.1. The highest BCUT2D eigenvalue weighted by Gasteiger charge is 2.17. The first-order chi connectivity index (χ1) is 13.0. The first-order valence-corrected chi connectivity index (χ1v) is 8.03. The number of nitro groups is 1. The Labute approximate surface area is 157 Å². The van der Waals surface area contributed by atoms with Gasteiger partial charge in [-0.25, -0.2) is 0 Å². The standard InChI is InChI=1S/C18H12ClN3O5/c19-14-10-12(22(25)26)6-7-13(14)15-8-9-16(27-15)18(24)21-20-17(23)11-4-2-1-3-5-11/h1-10H,(H,20,23)(H,21,24). The van der Waals surface area contributed by atoms with E-state index in [0.29, 0.717) is 11.1 Å². The minimum atomic E-state index is -0.663. The molecule has 2 amide bonds. The summed E-state index contributed by atoms with van der Waals surface area (Å²) >= 11 is 6.05. The SMILES string of the molecule is O=C(NNC(=O)c1ccc(-c2ccc([N+](=O)[O-])cc2Cl)o1)c1ccccc1. The van der Waals surface area contributed by atoms with E-state index in [-0.39, 0.29) is 22.2 Å². The van der Waals surface area contributed by atoms with Crippen LogP contribution in [0.4, 0.5) is 5.69 Å². The predicted octanol–water partition coefficient (Wildman–Crippen LogP) is 3.58. The van der Waals surface area contributed by atoms with Gasteiger partial charge in [-0.3, -0.25) is 30.6 Å². The van der Waals surface area contributed by atoms with Gasteiger partial charge >= 0.3 is 5.91 Å². The van der Waals surface area contributed by atoms with Gasteiger partial charge in [0.1, 0.15) is 5.76 Å². The molecule has 0 saturated heterocycles. The molecule has 0 aliphatic rings. The molecule has 136 valence electrons. The van der Waals surface area contributed by atoms with Crippen molar-refractivity contribution in [2.75, 3.05) is 0 Å². The molecule has 9 heteroatoms. The summed E-state index contributed by atoms with van der Waals surface area (Å²) in [6.45, 7) is 0. The molecular weight excluding hydrogens is 374 g/mol. The fraction of sp³-hybridized carbons (Fsp3) is 0. The first kappa shape index (κ1) is 18.2. The number of amides is 2. The number of benzene rings is 2. The molecule has 2 aromatic carbocycles. The van der Waals surface area contributed by atoms with Crippen molar-refractivity contribution >= 4 is 29.1 Å². The number of carbonyl (C=O) groups is 2. The third-order valence-corrected chi connectivity index (χ3v) is 3.90. The lowest BCUT2D eigenvalue weighted by Crippen LogP contribution is -2.41. The van der Waals surface area contributed by atoms with Crippen LogP contribution in [0.25, 0.3) is 11.3 Å². The van der Waals surface area contributed by atoms with E-state index in [1.807, 2.05) is 0 Å². The highest BCUT2D eigenvalue weighted by Crippen LogP contribution is 2.32. The molecule has 2 N–H and O–H groups in total. The van der Waals surface area contributed by atoms with E-state index in [1.54, 1.807) is 30.3 Å². The Morgan fingerprint density at radius 1 is 0.963 bits per heavy atom. The average molecular weight is 386 g/mol. The zero-order chi connectivity index (χ0) is 19.4. The molecule has 1 aromatic heterocycles. The van der Waals surface area contributed by atoms with Gasteiger partial charge in [-0.1, -0.05) is 29.8 Å². The lowest BCUT2D eigenvalue weighted by atomic mass is 10.1. The fourth-order valence-corrected chi connectivity index (χ4v) is 2.53. The molecule has 0 spiro atoms. The number of hydrogen-bond donors (Lipinski definition) is 2. The third kappa shape index (κ3) is 4.13. The van der Waals surface area contributed by atoms with Crippen LogP contribution in [0.1, 0.15) is 20.9 Å². The van der Waals surface area contributed by atoms with Crippen LogP contribution in [0.3, 0.4) is 0 Å². The number of hydrogen-bond acceptors (Lipinski definition) is 5. The summed E-state index contributed by atoms with van der Waals surface area (Å²) in [4.78, 5) is 34.2. The molecule has 0 bridgehead atoms. The van der Waals surface area contributed by atoms with E-state index in [1.165, 1.54) is 30.3 Å². The Hall–Kier alpha value is -3.65. The number of nitrogens with zero attached hydrogens (tertiary/aromatic N) is 1. The molecule has 1 heterocycles. The summed E-state index contributed by atoms with van der Waals surface area (Å²) in [6.07, 6.45) is 0. The maximum Gasteiger partial charge on any atom is 0.305 e. The first-order valence-electron chi connectivity index (χ1n) is 7.65. The number of hydrazine groups is 1. The van der Waals surface area contributed by atoms with Crippen LogP contribution in [0.5, 0.6) is 0 Å². The molecule has 0 aliphatic carbocycles. The average Bonchev–Trinajstić information content (AvgIpc) is 3.16. The van der Waals surface area contributed by atoms with Crippen molar-refractivity contribution in [3.05, 3.63) is 87.1 Å². The largest absolute Gasteiger partial charge is 0.451 e. The number of rotatable bonds is 4. The van der Waals surface area contributed by atoms with Crippen LogP contribution in [0, 0.1) is 10.1 Å². The summed E-state index contributed by atoms with van der Waals surface area (Å²) in [7, 11) is 0. The lowest BCUT2D eigenvalue weighted by molar-refractivity contribution is -0.384. The van der Waals surface area contributed by atoms with Crippen LogP contribution in [0.2, 0.25) is 5.02 Å². The van der Waals surface area contributed by atoms with Crippen LogP contribution in [-0.4, -0.2) is 16.7 Å². The molecule has 0 unspecified atom stereocenters. The molecule has 3 rings (SSSR count). The van der Waals surface area contributed by atoms with Crippen molar-refractivity contribution in [2.45, 2.75) is 0 Å². The van der Waals surface area contributed by atoms with Gasteiger partial charge in [0.2, 0.25) is 0 Å². The molecule has 8 nitrogen and oxygen atoms in total. The summed E-state index contributed by atoms with van der Waals surface area (Å²) in [5, 5.41) is 10.9. The van der Waals surface area contributed by atoms with Crippen LogP contribution in [0.15, 0.2) is 65.1 Å². The van der Waals surface area contributed by atoms with E-state index in [0.717, 1.165) is 0 Å². The number of non-ortho nitro benzene ring substituents is 1. The quantitative estimate of drug-likeness (QED) is 0.526. The van der Waals surface area contributed by atoms with Crippen molar-refractivity contribution in [3.8, 4) is 11.3 Å². The van der Waals surface area contributed by atoms with Gasteiger partial charge in [0.05, 0.1) is 9.95 Å². The second kappa shape index (κ2) is 7.71. The molecule has 0 saturated carbocycles.